The first-order valence-electron chi connectivity index (χ1n) is 8.32. The van der Waals surface area contributed by atoms with E-state index in [-0.39, 0.29) is 18.8 Å². The van der Waals surface area contributed by atoms with Crippen LogP contribution in [-0.4, -0.2) is 52.4 Å². The molecule has 0 atom stereocenters. The maximum Gasteiger partial charge on any atom is 0.391 e. The molecule has 9 heteroatoms. The summed E-state index contributed by atoms with van der Waals surface area (Å²) < 4.78 is 43.9. The summed E-state index contributed by atoms with van der Waals surface area (Å²) in [5, 5.41) is 0. The zero-order valence-corrected chi connectivity index (χ0v) is 13.8. The van der Waals surface area contributed by atoms with E-state index in [9.17, 15) is 13.2 Å². The molecule has 1 saturated heterocycles. The van der Waals surface area contributed by atoms with Gasteiger partial charge in [0.05, 0.1) is 30.5 Å². The minimum Gasteiger partial charge on any atom is -0.378 e. The summed E-state index contributed by atoms with van der Waals surface area (Å²) in [5.74, 6) is -1.01. The van der Waals surface area contributed by atoms with E-state index in [4.69, 9.17) is 4.74 Å². The average Bonchev–Trinajstić information content (AvgIpc) is 2.52. The largest absolute Gasteiger partial charge is 0.391 e. The Bertz CT molecular complexity index is 785. The van der Waals surface area contributed by atoms with Crippen LogP contribution in [0.2, 0.25) is 0 Å². The Hall–Kier alpha value is -2.03. The molecular weight excluding hydrogens is 335 g/mol. The summed E-state index contributed by atoms with van der Waals surface area (Å²) in [6.07, 6.45) is -2.44. The van der Waals surface area contributed by atoms with Crippen LogP contribution in [0.15, 0.2) is 6.20 Å². The molecule has 2 aromatic heterocycles. The monoisotopic (exact) mass is 353 g/mol. The van der Waals surface area contributed by atoms with Gasteiger partial charge in [0.2, 0.25) is 5.95 Å². The number of aryl methyl sites for hydroxylation is 1. The highest BCUT2D eigenvalue weighted by Gasteiger charge is 2.49. The van der Waals surface area contributed by atoms with Gasteiger partial charge in [-0.15, -0.1) is 0 Å². The second-order valence-electron chi connectivity index (χ2n) is 6.60. The Morgan fingerprint density at radius 2 is 1.84 bits per heavy atom. The minimum atomic E-state index is -4.14. The number of anilines is 1. The van der Waals surface area contributed by atoms with Crippen molar-refractivity contribution in [2.24, 2.45) is 5.92 Å². The summed E-state index contributed by atoms with van der Waals surface area (Å²) in [7, 11) is 0. The van der Waals surface area contributed by atoms with Crippen LogP contribution in [0.1, 0.15) is 30.1 Å². The lowest BCUT2D eigenvalue weighted by molar-refractivity contribution is -0.197. The van der Waals surface area contributed by atoms with E-state index in [2.05, 4.69) is 19.9 Å². The van der Waals surface area contributed by atoms with Gasteiger partial charge in [0.25, 0.3) is 0 Å². The predicted molar refractivity (Wildman–Crippen MR) is 84.4 cm³/mol. The first-order chi connectivity index (χ1) is 11.9. The van der Waals surface area contributed by atoms with Gasteiger partial charge in [-0.1, -0.05) is 0 Å². The lowest BCUT2D eigenvalue weighted by atomic mass is 9.72. The highest BCUT2D eigenvalue weighted by Crippen LogP contribution is 2.50. The van der Waals surface area contributed by atoms with Crippen LogP contribution in [-0.2, 0) is 4.74 Å². The summed E-state index contributed by atoms with van der Waals surface area (Å²) in [6.45, 7) is 4.28. The average molecular weight is 353 g/mol. The zero-order chi connectivity index (χ0) is 17.6. The maximum absolute atomic E-state index is 12.8. The van der Waals surface area contributed by atoms with Gasteiger partial charge < -0.3 is 9.64 Å². The van der Waals surface area contributed by atoms with Gasteiger partial charge in [0, 0.05) is 25.2 Å². The molecule has 4 rings (SSSR count). The topological polar surface area (TPSA) is 64.0 Å². The van der Waals surface area contributed by atoms with E-state index < -0.39 is 12.1 Å². The Morgan fingerprint density at radius 3 is 2.52 bits per heavy atom. The van der Waals surface area contributed by atoms with Crippen molar-refractivity contribution >= 4 is 17.1 Å². The second-order valence-corrected chi connectivity index (χ2v) is 6.60. The molecule has 2 aromatic rings. The molecule has 0 unspecified atom stereocenters. The number of hydrogen-bond donors (Lipinski definition) is 0. The van der Waals surface area contributed by atoms with Crippen molar-refractivity contribution in [3.8, 4) is 0 Å². The van der Waals surface area contributed by atoms with Crippen LogP contribution in [0.5, 0.6) is 0 Å². The zero-order valence-electron chi connectivity index (χ0n) is 13.8. The molecule has 1 aliphatic carbocycles. The first-order valence-corrected chi connectivity index (χ1v) is 8.32. The van der Waals surface area contributed by atoms with Crippen molar-refractivity contribution < 1.29 is 17.9 Å². The lowest BCUT2D eigenvalue weighted by Gasteiger charge is -2.36. The van der Waals surface area contributed by atoms with Crippen molar-refractivity contribution in [1.29, 1.82) is 0 Å². The molecule has 0 spiro atoms. The third kappa shape index (κ3) is 3.12. The van der Waals surface area contributed by atoms with Crippen LogP contribution in [0.3, 0.4) is 0 Å². The van der Waals surface area contributed by atoms with Gasteiger partial charge in [0.15, 0.2) is 5.65 Å². The van der Waals surface area contributed by atoms with Gasteiger partial charge in [-0.05, 0) is 19.8 Å². The molecule has 0 aromatic carbocycles. The second kappa shape index (κ2) is 6.05. The summed E-state index contributed by atoms with van der Waals surface area (Å²) in [6, 6.07) is 0. The highest BCUT2D eigenvalue weighted by atomic mass is 19.4. The molecule has 2 aliphatic rings. The smallest absolute Gasteiger partial charge is 0.378 e. The fraction of sp³-hybridized carbons (Fsp3) is 0.625. The number of nitrogens with zero attached hydrogens (tertiary/aromatic N) is 5. The number of aromatic nitrogens is 4. The number of ether oxygens (including phenoxy) is 1. The molecule has 1 aliphatic heterocycles. The Morgan fingerprint density at radius 1 is 1.12 bits per heavy atom. The van der Waals surface area contributed by atoms with Gasteiger partial charge in [-0.2, -0.15) is 18.2 Å². The number of morpholine rings is 1. The van der Waals surface area contributed by atoms with Gasteiger partial charge in [-0.3, -0.25) is 0 Å². The number of rotatable bonds is 2. The van der Waals surface area contributed by atoms with Crippen molar-refractivity contribution in [1.82, 2.24) is 19.9 Å². The fourth-order valence-corrected chi connectivity index (χ4v) is 3.30. The molecule has 3 heterocycles. The van der Waals surface area contributed by atoms with Crippen molar-refractivity contribution in [3.63, 3.8) is 0 Å². The summed E-state index contributed by atoms with van der Waals surface area (Å²) in [4.78, 5) is 19.8. The van der Waals surface area contributed by atoms with Crippen LogP contribution in [0, 0.1) is 12.8 Å². The van der Waals surface area contributed by atoms with E-state index in [0.717, 1.165) is 0 Å². The first kappa shape index (κ1) is 16.4. The molecule has 134 valence electrons. The Balaban J connectivity index is 1.71. The van der Waals surface area contributed by atoms with Gasteiger partial charge in [-0.25, -0.2) is 15.0 Å². The van der Waals surface area contributed by atoms with Crippen LogP contribution in [0.25, 0.3) is 11.2 Å². The molecule has 2 fully saturated rings. The minimum absolute atomic E-state index is 0.0493. The van der Waals surface area contributed by atoms with Crippen LogP contribution in [0.4, 0.5) is 19.1 Å². The highest BCUT2D eigenvalue weighted by molar-refractivity contribution is 5.74. The quantitative estimate of drug-likeness (QED) is 0.827. The van der Waals surface area contributed by atoms with Crippen molar-refractivity contribution in [2.75, 3.05) is 31.2 Å². The number of alkyl halides is 3. The van der Waals surface area contributed by atoms with Gasteiger partial charge >= 0.3 is 6.18 Å². The fourth-order valence-electron chi connectivity index (χ4n) is 3.30. The number of halogens is 3. The lowest BCUT2D eigenvalue weighted by Crippen LogP contribution is -2.38. The molecule has 0 radical (unpaired) electrons. The number of hydrogen-bond acceptors (Lipinski definition) is 6. The molecule has 0 N–H and O–H groups in total. The third-order valence-corrected chi connectivity index (χ3v) is 4.83. The van der Waals surface area contributed by atoms with Crippen molar-refractivity contribution in [3.05, 3.63) is 17.6 Å². The molecule has 1 saturated carbocycles. The van der Waals surface area contributed by atoms with E-state index in [1.807, 2.05) is 11.8 Å². The van der Waals surface area contributed by atoms with Gasteiger partial charge in [0.1, 0.15) is 5.52 Å². The normalized spacial score (nSPS) is 24.4. The molecular formula is C16H18F3N5O. The van der Waals surface area contributed by atoms with E-state index in [1.165, 1.54) is 0 Å². The van der Waals surface area contributed by atoms with Crippen LogP contribution >= 0.6 is 0 Å². The van der Waals surface area contributed by atoms with Crippen molar-refractivity contribution in [2.45, 2.75) is 31.9 Å². The SMILES string of the molecule is Cc1cnc2c(C3CC(C(F)(F)F)C3)nc(N3CCOCC3)nc2n1. The molecule has 25 heavy (non-hydrogen) atoms. The van der Waals surface area contributed by atoms with E-state index in [0.29, 0.717) is 54.8 Å². The number of fused-ring (bicyclic) bond motifs is 1. The molecule has 0 bridgehead atoms. The van der Waals surface area contributed by atoms with E-state index >= 15 is 0 Å². The maximum atomic E-state index is 12.8. The summed E-state index contributed by atoms with van der Waals surface area (Å²) >= 11 is 0. The molecule has 6 nitrogen and oxygen atoms in total. The summed E-state index contributed by atoms with van der Waals surface area (Å²) in [5.41, 5.74) is 2.25. The molecule has 0 amide bonds. The van der Waals surface area contributed by atoms with E-state index in [1.54, 1.807) is 6.20 Å². The Kier molecular flexibility index (Phi) is 3.98. The third-order valence-electron chi connectivity index (χ3n) is 4.83. The van der Waals surface area contributed by atoms with Crippen LogP contribution < -0.4 is 4.90 Å². The Labute approximate surface area is 142 Å². The predicted octanol–water partition coefficient (Wildman–Crippen LogP) is 2.62. The standard InChI is InChI=1S/C16H18F3N5O/c1-9-8-20-13-12(10-6-11(7-10)16(17,18)19)22-15(23-14(13)21-9)24-2-4-25-5-3-24/h8,10-11H,2-7H2,1H3.